The molecule has 1 rings (SSSR count). The van der Waals surface area contributed by atoms with E-state index in [0.717, 1.165) is 12.8 Å². The van der Waals surface area contributed by atoms with Crippen molar-refractivity contribution in [3.05, 3.63) is 42.5 Å². The van der Waals surface area contributed by atoms with Crippen LogP contribution in [0.15, 0.2) is 42.5 Å². The molecule has 0 saturated heterocycles. The molecule has 16 heavy (non-hydrogen) atoms. The molecule has 3 heteroatoms. The van der Waals surface area contributed by atoms with Gasteiger partial charge >= 0.3 is 5.97 Å². The van der Waals surface area contributed by atoms with Crippen LogP contribution in [0.25, 0.3) is 0 Å². The van der Waals surface area contributed by atoms with Crippen molar-refractivity contribution in [2.45, 2.75) is 24.6 Å². The maximum atomic E-state index is 11.7. The highest BCUT2D eigenvalue weighted by Gasteiger charge is 2.17. The van der Waals surface area contributed by atoms with Crippen LogP contribution in [-0.2, 0) is 4.79 Å². The van der Waals surface area contributed by atoms with E-state index in [1.54, 1.807) is 12.1 Å². The maximum absolute atomic E-state index is 11.7. The van der Waals surface area contributed by atoms with Crippen molar-refractivity contribution in [1.82, 2.24) is 0 Å². The van der Waals surface area contributed by atoms with Crippen molar-refractivity contribution in [3.63, 3.8) is 0 Å². The van der Waals surface area contributed by atoms with Gasteiger partial charge in [0.1, 0.15) is 5.75 Å². The Labute approximate surface area is 104 Å². The summed E-state index contributed by atoms with van der Waals surface area (Å²) in [6, 6.07) is 9.01. The lowest BCUT2D eigenvalue weighted by Gasteiger charge is -2.11. The molecule has 1 aromatic rings. The summed E-state index contributed by atoms with van der Waals surface area (Å²) in [6.07, 6.45) is 1.87. The molecule has 1 atom stereocenters. The summed E-state index contributed by atoms with van der Waals surface area (Å²) in [5.41, 5.74) is 0.464. The van der Waals surface area contributed by atoms with Crippen LogP contribution < -0.4 is 4.74 Å². The van der Waals surface area contributed by atoms with Gasteiger partial charge in [-0.2, -0.15) is 0 Å². The Balaban J connectivity index is 2.56. The van der Waals surface area contributed by atoms with Gasteiger partial charge in [-0.15, -0.1) is 0 Å². The second kappa shape index (κ2) is 6.48. The molecule has 2 nitrogen and oxygen atoms in total. The van der Waals surface area contributed by atoms with Gasteiger partial charge in [-0.3, -0.25) is 0 Å². The van der Waals surface area contributed by atoms with E-state index >= 15 is 0 Å². The van der Waals surface area contributed by atoms with Gasteiger partial charge < -0.3 is 4.74 Å². The van der Waals surface area contributed by atoms with Crippen molar-refractivity contribution >= 4 is 21.9 Å². The largest absolute Gasteiger partial charge is 0.423 e. The molecule has 1 unspecified atom stereocenters. The normalized spacial score (nSPS) is 11.9. The Kier molecular flexibility index (Phi) is 5.26. The molecule has 0 radical (unpaired) electrons. The summed E-state index contributed by atoms with van der Waals surface area (Å²) in [7, 11) is 0. The highest BCUT2D eigenvalue weighted by Crippen LogP contribution is 2.19. The van der Waals surface area contributed by atoms with Crippen molar-refractivity contribution in [1.29, 1.82) is 0 Å². The van der Waals surface area contributed by atoms with Gasteiger partial charge in [0.15, 0.2) is 0 Å². The fourth-order valence-corrected chi connectivity index (χ4v) is 1.86. The number of para-hydroxylation sites is 1. The molecule has 0 fully saturated rings. The molecule has 0 N–H and O–H groups in total. The van der Waals surface area contributed by atoms with Gasteiger partial charge in [-0.1, -0.05) is 54.1 Å². The SMILES string of the molecule is C=C(C(=O)Oc1ccccc1)C(Br)CCC. The zero-order chi connectivity index (χ0) is 12.0. The van der Waals surface area contributed by atoms with Crippen molar-refractivity contribution in [3.8, 4) is 5.75 Å². The molecule has 0 spiro atoms. The van der Waals surface area contributed by atoms with E-state index in [0.29, 0.717) is 11.3 Å². The van der Waals surface area contributed by atoms with Gasteiger partial charge in [0.05, 0.1) is 0 Å². The molecule has 0 aliphatic rings. The lowest BCUT2D eigenvalue weighted by molar-refractivity contribution is -0.130. The first-order valence-electron chi connectivity index (χ1n) is 5.25. The molecule has 0 aromatic heterocycles. The lowest BCUT2D eigenvalue weighted by Crippen LogP contribution is -2.17. The van der Waals surface area contributed by atoms with Crippen LogP contribution in [0.2, 0.25) is 0 Å². The van der Waals surface area contributed by atoms with E-state index in [-0.39, 0.29) is 10.8 Å². The highest BCUT2D eigenvalue weighted by atomic mass is 79.9. The summed E-state index contributed by atoms with van der Waals surface area (Å²) in [6.45, 7) is 5.81. The first-order valence-corrected chi connectivity index (χ1v) is 6.16. The molecule has 0 saturated carbocycles. The Hall–Kier alpha value is -1.09. The van der Waals surface area contributed by atoms with Crippen molar-refractivity contribution < 1.29 is 9.53 Å². The zero-order valence-corrected chi connectivity index (χ0v) is 10.9. The second-order valence-corrected chi connectivity index (χ2v) is 4.59. The number of carbonyl (C=O) groups excluding carboxylic acids is 1. The van der Waals surface area contributed by atoms with Gasteiger partial charge in [0, 0.05) is 10.4 Å². The Morgan fingerprint density at radius 3 is 2.62 bits per heavy atom. The number of ether oxygens (including phenoxy) is 1. The number of hydrogen-bond acceptors (Lipinski definition) is 2. The number of carbonyl (C=O) groups is 1. The summed E-state index contributed by atoms with van der Waals surface area (Å²) in [4.78, 5) is 11.7. The van der Waals surface area contributed by atoms with Gasteiger partial charge in [-0.25, -0.2) is 4.79 Å². The first-order chi connectivity index (χ1) is 7.65. The highest BCUT2D eigenvalue weighted by molar-refractivity contribution is 9.09. The summed E-state index contributed by atoms with van der Waals surface area (Å²) in [5.74, 6) is 0.173. The maximum Gasteiger partial charge on any atom is 0.339 e. The Morgan fingerprint density at radius 2 is 2.06 bits per heavy atom. The third-order valence-electron chi connectivity index (χ3n) is 2.14. The molecule has 0 aliphatic heterocycles. The van der Waals surface area contributed by atoms with Crippen LogP contribution in [0.3, 0.4) is 0 Å². The summed E-state index contributed by atoms with van der Waals surface area (Å²) < 4.78 is 5.18. The predicted octanol–water partition coefficient (Wildman–Crippen LogP) is 3.71. The predicted molar refractivity (Wildman–Crippen MR) is 68.8 cm³/mol. The van der Waals surface area contributed by atoms with Crippen LogP contribution >= 0.6 is 15.9 Å². The van der Waals surface area contributed by atoms with E-state index in [1.807, 2.05) is 18.2 Å². The number of hydrogen-bond donors (Lipinski definition) is 0. The smallest absolute Gasteiger partial charge is 0.339 e. The Bertz CT molecular complexity index is 359. The summed E-state index contributed by atoms with van der Waals surface area (Å²) in [5, 5.41) is 0. The fourth-order valence-electron chi connectivity index (χ4n) is 1.22. The summed E-state index contributed by atoms with van der Waals surface area (Å²) >= 11 is 3.42. The van der Waals surface area contributed by atoms with Crippen molar-refractivity contribution in [2.75, 3.05) is 0 Å². The van der Waals surface area contributed by atoms with Crippen LogP contribution in [-0.4, -0.2) is 10.8 Å². The first kappa shape index (κ1) is 13.0. The minimum Gasteiger partial charge on any atom is -0.423 e. The van der Waals surface area contributed by atoms with Crippen LogP contribution in [0.4, 0.5) is 0 Å². The van der Waals surface area contributed by atoms with E-state index < -0.39 is 0 Å². The molecule has 0 aliphatic carbocycles. The van der Waals surface area contributed by atoms with Gasteiger partial charge in [0.2, 0.25) is 0 Å². The minimum absolute atomic E-state index is 0.00582. The minimum atomic E-state index is -0.374. The number of halogens is 1. The number of benzene rings is 1. The van der Waals surface area contributed by atoms with E-state index in [4.69, 9.17) is 4.74 Å². The van der Waals surface area contributed by atoms with Gasteiger partial charge in [-0.05, 0) is 18.6 Å². The average molecular weight is 283 g/mol. The standard InChI is InChI=1S/C13H15BrO2/c1-3-7-12(14)10(2)13(15)16-11-8-5-4-6-9-11/h4-6,8-9,12H,2-3,7H2,1H3. The molecule has 0 heterocycles. The van der Waals surface area contributed by atoms with E-state index in [1.165, 1.54) is 0 Å². The number of esters is 1. The quantitative estimate of drug-likeness (QED) is 0.356. The molecular formula is C13H15BrO2. The molecular weight excluding hydrogens is 268 g/mol. The van der Waals surface area contributed by atoms with Gasteiger partial charge in [0.25, 0.3) is 0 Å². The monoisotopic (exact) mass is 282 g/mol. The molecule has 1 aromatic carbocycles. The van der Waals surface area contributed by atoms with E-state index in [9.17, 15) is 4.79 Å². The van der Waals surface area contributed by atoms with Crippen LogP contribution in [0, 0.1) is 0 Å². The topological polar surface area (TPSA) is 26.3 Å². The van der Waals surface area contributed by atoms with Crippen molar-refractivity contribution in [2.24, 2.45) is 0 Å². The third kappa shape index (κ3) is 3.81. The lowest BCUT2D eigenvalue weighted by atomic mass is 10.1. The van der Waals surface area contributed by atoms with Crippen LogP contribution in [0.1, 0.15) is 19.8 Å². The average Bonchev–Trinajstić information content (AvgIpc) is 2.29. The third-order valence-corrected chi connectivity index (χ3v) is 3.15. The molecule has 0 bridgehead atoms. The second-order valence-electron chi connectivity index (χ2n) is 3.48. The Morgan fingerprint density at radius 1 is 1.44 bits per heavy atom. The van der Waals surface area contributed by atoms with E-state index in [2.05, 4.69) is 29.4 Å². The molecule has 86 valence electrons. The zero-order valence-electron chi connectivity index (χ0n) is 9.28. The fraction of sp³-hybridized carbons (Fsp3) is 0.308. The molecule has 0 amide bonds. The van der Waals surface area contributed by atoms with Crippen LogP contribution in [0.5, 0.6) is 5.75 Å². The number of alkyl halides is 1. The number of rotatable bonds is 5.